The van der Waals surface area contributed by atoms with E-state index in [1.165, 1.54) is 0 Å². The Bertz CT molecular complexity index is 1090. The summed E-state index contributed by atoms with van der Waals surface area (Å²) in [6.45, 7) is 5.31. The van der Waals surface area contributed by atoms with Crippen molar-refractivity contribution in [2.45, 2.75) is 63.2 Å². The van der Waals surface area contributed by atoms with Crippen molar-refractivity contribution in [2.75, 3.05) is 32.4 Å². The van der Waals surface area contributed by atoms with Crippen molar-refractivity contribution in [3.63, 3.8) is 0 Å². The molecule has 190 valence electrons. The van der Waals surface area contributed by atoms with Gasteiger partial charge in [0, 0.05) is 54.1 Å². The zero-order chi connectivity index (χ0) is 24.5. The van der Waals surface area contributed by atoms with Crippen LogP contribution in [0.3, 0.4) is 0 Å². The number of nitrogens with two attached hydrogens (primary N) is 1. The second kappa shape index (κ2) is 10.6. The van der Waals surface area contributed by atoms with Crippen LogP contribution in [0.25, 0.3) is 11.3 Å². The SMILES string of the molecule is C[C@@H]1CCC[C@H](n2cnc(-c3cc(Cl)ccc3N)cc2=O)C2CC(CCN2)C2C(CNN2C)NC1. The summed E-state index contributed by atoms with van der Waals surface area (Å²) in [4.78, 5) is 18.1. The molecule has 1 aromatic carbocycles. The summed E-state index contributed by atoms with van der Waals surface area (Å²) in [5, 5.41) is 10.5. The summed E-state index contributed by atoms with van der Waals surface area (Å²) in [6.07, 6.45) is 7.09. The van der Waals surface area contributed by atoms with Gasteiger partial charge in [-0.2, -0.15) is 0 Å². The van der Waals surface area contributed by atoms with Gasteiger partial charge in [0.1, 0.15) is 0 Å². The van der Waals surface area contributed by atoms with E-state index in [1.807, 2.05) is 4.57 Å². The topological polar surface area (TPSA) is 100 Å². The van der Waals surface area contributed by atoms with E-state index >= 15 is 0 Å². The third kappa shape index (κ3) is 5.27. The molecule has 9 heteroatoms. The van der Waals surface area contributed by atoms with E-state index in [0.29, 0.717) is 45.9 Å². The monoisotopic (exact) mass is 499 g/mol. The van der Waals surface area contributed by atoms with Gasteiger partial charge in [-0.05, 0) is 68.8 Å². The summed E-state index contributed by atoms with van der Waals surface area (Å²) < 4.78 is 1.85. The highest BCUT2D eigenvalue weighted by Crippen LogP contribution is 2.34. The molecule has 1 aromatic heterocycles. The molecule has 0 spiro atoms. The van der Waals surface area contributed by atoms with Gasteiger partial charge in [0.05, 0.1) is 18.1 Å². The molecule has 0 radical (unpaired) electrons. The average molecular weight is 500 g/mol. The summed E-state index contributed by atoms with van der Waals surface area (Å²) in [5.74, 6) is 1.16. The number of likely N-dealkylation sites (N-methyl/N-ethyl adjacent to an activating group) is 1. The molecule has 3 aliphatic heterocycles. The van der Waals surface area contributed by atoms with E-state index in [2.05, 4.69) is 40.0 Å². The van der Waals surface area contributed by atoms with Crippen LogP contribution in [0.2, 0.25) is 5.02 Å². The summed E-state index contributed by atoms with van der Waals surface area (Å²) in [6, 6.07) is 8.09. The first-order valence-electron chi connectivity index (χ1n) is 13.0. The molecular formula is C26H38ClN7O. The predicted octanol–water partition coefficient (Wildman–Crippen LogP) is 2.65. The number of nitrogens with one attached hydrogen (secondary N) is 3. The molecule has 4 unspecified atom stereocenters. The van der Waals surface area contributed by atoms with Gasteiger partial charge in [-0.15, -0.1) is 0 Å². The van der Waals surface area contributed by atoms with E-state index in [4.69, 9.17) is 17.3 Å². The summed E-state index contributed by atoms with van der Waals surface area (Å²) >= 11 is 6.18. The van der Waals surface area contributed by atoms with Crippen LogP contribution >= 0.6 is 11.6 Å². The zero-order valence-corrected chi connectivity index (χ0v) is 21.5. The van der Waals surface area contributed by atoms with Crippen molar-refractivity contribution in [3.8, 4) is 11.3 Å². The van der Waals surface area contributed by atoms with Crippen molar-refractivity contribution in [2.24, 2.45) is 11.8 Å². The van der Waals surface area contributed by atoms with Crippen LogP contribution in [0.1, 0.15) is 45.1 Å². The Morgan fingerprint density at radius 1 is 1.11 bits per heavy atom. The van der Waals surface area contributed by atoms with Crippen LogP contribution in [0.4, 0.5) is 5.69 Å². The highest BCUT2D eigenvalue weighted by Gasteiger charge is 2.41. The van der Waals surface area contributed by atoms with Crippen molar-refractivity contribution < 1.29 is 0 Å². The third-order valence-corrected chi connectivity index (χ3v) is 8.49. The van der Waals surface area contributed by atoms with Crippen LogP contribution in [0.5, 0.6) is 0 Å². The summed E-state index contributed by atoms with van der Waals surface area (Å²) in [7, 11) is 2.17. The molecule has 8 nitrogen and oxygen atoms in total. The van der Waals surface area contributed by atoms with E-state index in [1.54, 1.807) is 30.6 Å². The zero-order valence-electron chi connectivity index (χ0n) is 20.7. The molecule has 6 atom stereocenters. The van der Waals surface area contributed by atoms with E-state index in [-0.39, 0.29) is 17.6 Å². The number of nitrogen functional groups attached to an aromatic ring is 1. The number of aromatic nitrogens is 2. The second-order valence-electron chi connectivity index (χ2n) is 10.7. The lowest BCUT2D eigenvalue weighted by Crippen LogP contribution is -2.54. The minimum absolute atomic E-state index is 0.0392. The number of hydrogen-bond acceptors (Lipinski definition) is 7. The predicted molar refractivity (Wildman–Crippen MR) is 141 cm³/mol. The minimum Gasteiger partial charge on any atom is -0.398 e. The first-order chi connectivity index (χ1) is 16.9. The first kappa shape index (κ1) is 24.7. The Morgan fingerprint density at radius 3 is 2.80 bits per heavy atom. The number of piperidine rings is 1. The maximum Gasteiger partial charge on any atom is 0.254 e. The number of hydrogen-bond donors (Lipinski definition) is 4. The van der Waals surface area contributed by atoms with Gasteiger partial charge in [-0.3, -0.25) is 14.8 Å². The number of benzene rings is 1. The van der Waals surface area contributed by atoms with Crippen LogP contribution in [0.15, 0.2) is 35.4 Å². The average Bonchev–Trinajstić information content (AvgIpc) is 3.22. The second-order valence-corrected chi connectivity index (χ2v) is 11.1. The van der Waals surface area contributed by atoms with Gasteiger partial charge in [0.25, 0.3) is 5.56 Å². The number of nitrogens with zero attached hydrogens (tertiary/aromatic N) is 3. The summed E-state index contributed by atoms with van der Waals surface area (Å²) in [5.41, 5.74) is 11.5. The molecule has 0 saturated carbocycles. The molecule has 4 heterocycles. The fraction of sp³-hybridized carbons (Fsp3) is 0.615. The lowest BCUT2D eigenvalue weighted by atomic mass is 9.80. The number of rotatable bonds is 2. The van der Waals surface area contributed by atoms with Gasteiger partial charge in [-0.1, -0.05) is 24.9 Å². The molecule has 2 bridgehead atoms. The lowest BCUT2D eigenvalue weighted by molar-refractivity contribution is 0.108. The Balaban J connectivity index is 1.46. The number of halogens is 1. The molecule has 3 fully saturated rings. The molecule has 0 aliphatic carbocycles. The Hall–Kier alpha value is -1.97. The van der Waals surface area contributed by atoms with Gasteiger partial charge in [0.2, 0.25) is 0 Å². The van der Waals surface area contributed by atoms with Crippen LogP contribution in [0, 0.1) is 11.8 Å². The third-order valence-electron chi connectivity index (χ3n) is 8.26. The standard InChI is InChI=1S/C26H38ClN7O/c1-16-4-3-5-24(22-10-17(8-9-29-22)26-23(30-13-16)14-32-33(26)2)34-15-31-21(12-25(34)35)19-11-18(27)6-7-20(19)28/h6-7,11-12,15-17,22-24,26,29-30,32H,3-5,8-10,13-14,28H2,1-2H3/t16-,17?,22?,23?,24+,26?/m1/s1. The van der Waals surface area contributed by atoms with E-state index in [0.717, 1.165) is 51.7 Å². The minimum atomic E-state index is -0.0392. The van der Waals surface area contributed by atoms with Crippen LogP contribution in [-0.2, 0) is 0 Å². The molecular weight excluding hydrogens is 462 g/mol. The number of fused-ring (bicyclic) bond motifs is 4. The molecule has 5 rings (SSSR count). The van der Waals surface area contributed by atoms with Crippen molar-refractivity contribution in [3.05, 3.63) is 46.0 Å². The maximum atomic E-state index is 13.4. The fourth-order valence-corrected chi connectivity index (χ4v) is 6.55. The fourth-order valence-electron chi connectivity index (χ4n) is 6.38. The first-order valence-corrected chi connectivity index (χ1v) is 13.3. The smallest absolute Gasteiger partial charge is 0.254 e. The molecule has 0 amide bonds. The molecule has 2 aromatic rings. The Morgan fingerprint density at radius 2 is 1.97 bits per heavy atom. The normalized spacial score (nSPS) is 32.4. The lowest BCUT2D eigenvalue weighted by Gasteiger charge is -2.42. The van der Waals surface area contributed by atoms with Gasteiger partial charge in [0.15, 0.2) is 0 Å². The van der Waals surface area contributed by atoms with Crippen molar-refractivity contribution in [1.29, 1.82) is 0 Å². The Labute approximate surface area is 212 Å². The van der Waals surface area contributed by atoms with Crippen molar-refractivity contribution >= 4 is 17.3 Å². The number of hydrazine groups is 1. The van der Waals surface area contributed by atoms with Gasteiger partial charge < -0.3 is 16.4 Å². The highest BCUT2D eigenvalue weighted by atomic mass is 35.5. The maximum absolute atomic E-state index is 13.4. The van der Waals surface area contributed by atoms with Gasteiger partial charge in [-0.25, -0.2) is 9.99 Å². The largest absolute Gasteiger partial charge is 0.398 e. The molecule has 35 heavy (non-hydrogen) atoms. The molecule has 3 saturated heterocycles. The number of anilines is 1. The van der Waals surface area contributed by atoms with Crippen LogP contribution < -0.4 is 27.4 Å². The Kier molecular flexibility index (Phi) is 7.46. The van der Waals surface area contributed by atoms with Crippen LogP contribution in [-0.4, -0.2) is 59.4 Å². The highest BCUT2D eigenvalue weighted by molar-refractivity contribution is 6.31. The van der Waals surface area contributed by atoms with E-state index in [9.17, 15) is 4.79 Å². The quantitative estimate of drug-likeness (QED) is 0.471. The van der Waals surface area contributed by atoms with E-state index < -0.39 is 0 Å². The van der Waals surface area contributed by atoms with Gasteiger partial charge >= 0.3 is 0 Å². The molecule has 3 aliphatic rings. The molecule has 5 N–H and O–H groups in total. The van der Waals surface area contributed by atoms with Crippen molar-refractivity contribution in [1.82, 2.24) is 30.6 Å².